The number of benzene rings is 2. The maximum Gasteiger partial charge on any atom is 0.233 e. The summed E-state index contributed by atoms with van der Waals surface area (Å²) in [7, 11) is 0. The van der Waals surface area contributed by atoms with Gasteiger partial charge < -0.3 is 9.80 Å². The Balaban J connectivity index is 1.46. The molecule has 0 amide bonds. The van der Waals surface area contributed by atoms with Crippen molar-refractivity contribution < 1.29 is 9.59 Å². The van der Waals surface area contributed by atoms with Crippen molar-refractivity contribution in [3.63, 3.8) is 0 Å². The highest BCUT2D eigenvalue weighted by Crippen LogP contribution is 2.23. The van der Waals surface area contributed by atoms with Crippen LogP contribution in [-0.4, -0.2) is 37.7 Å². The first-order chi connectivity index (χ1) is 12.7. The second kappa shape index (κ2) is 7.32. The van der Waals surface area contributed by atoms with Crippen LogP contribution in [0.1, 0.15) is 46.4 Å². The van der Waals surface area contributed by atoms with E-state index >= 15 is 0 Å². The van der Waals surface area contributed by atoms with E-state index < -0.39 is 11.6 Å². The lowest BCUT2D eigenvalue weighted by Crippen LogP contribution is -2.19. The zero-order valence-electron chi connectivity index (χ0n) is 15.0. The molecule has 2 aliphatic rings. The summed E-state index contributed by atoms with van der Waals surface area (Å²) in [6.45, 7) is 4.26. The molecule has 2 aliphatic heterocycles. The molecular weight excluding hydrogens is 324 g/mol. The first-order valence-electron chi connectivity index (χ1n) is 9.51. The van der Waals surface area contributed by atoms with Crippen molar-refractivity contribution in [1.82, 2.24) is 0 Å². The highest BCUT2D eigenvalue weighted by Gasteiger charge is 2.20. The molecule has 0 aliphatic carbocycles. The van der Waals surface area contributed by atoms with E-state index in [-0.39, 0.29) is 0 Å². The highest BCUT2D eigenvalue weighted by atomic mass is 16.2. The summed E-state index contributed by atoms with van der Waals surface area (Å²) in [5.41, 5.74) is 3.17. The van der Waals surface area contributed by atoms with Crippen molar-refractivity contribution in [3.8, 4) is 0 Å². The fourth-order valence-electron chi connectivity index (χ4n) is 3.86. The first-order valence-corrected chi connectivity index (χ1v) is 9.51. The van der Waals surface area contributed by atoms with Crippen molar-refractivity contribution in [2.24, 2.45) is 0 Å². The molecule has 0 aromatic heterocycles. The van der Waals surface area contributed by atoms with Crippen LogP contribution >= 0.6 is 0 Å². The van der Waals surface area contributed by atoms with Crippen LogP contribution in [0.2, 0.25) is 0 Å². The molecule has 0 spiro atoms. The molecule has 0 radical (unpaired) electrons. The predicted octanol–water partition coefficient (Wildman–Crippen LogP) is 3.95. The Morgan fingerprint density at radius 1 is 0.538 bits per heavy atom. The van der Waals surface area contributed by atoms with Crippen molar-refractivity contribution in [1.29, 1.82) is 0 Å². The number of carbonyl (C=O) groups excluding carboxylic acids is 2. The lowest BCUT2D eigenvalue weighted by molar-refractivity contribution is 0.0817. The Bertz CT molecular complexity index is 714. The van der Waals surface area contributed by atoms with E-state index in [4.69, 9.17) is 0 Å². The topological polar surface area (TPSA) is 40.6 Å². The zero-order valence-corrected chi connectivity index (χ0v) is 15.0. The van der Waals surface area contributed by atoms with Crippen LogP contribution in [0.3, 0.4) is 0 Å². The van der Waals surface area contributed by atoms with Gasteiger partial charge in [-0.25, -0.2) is 0 Å². The van der Waals surface area contributed by atoms with Gasteiger partial charge in [-0.1, -0.05) is 0 Å². The van der Waals surface area contributed by atoms with Gasteiger partial charge in [0.05, 0.1) is 0 Å². The summed E-state index contributed by atoms with van der Waals surface area (Å²) in [5.74, 6) is -0.876. The van der Waals surface area contributed by atoms with Crippen molar-refractivity contribution >= 4 is 22.9 Å². The molecule has 0 atom stereocenters. The molecule has 0 bridgehead atoms. The SMILES string of the molecule is O=C(C(=O)c1ccc(N2CCCC2)cc1)c1ccc(N2CCCC2)cc1. The molecule has 0 N–H and O–H groups in total. The number of rotatable bonds is 5. The molecule has 2 saturated heterocycles. The van der Waals surface area contributed by atoms with Gasteiger partial charge in [0, 0.05) is 48.7 Å². The predicted molar refractivity (Wildman–Crippen MR) is 104 cm³/mol. The minimum Gasteiger partial charge on any atom is -0.372 e. The van der Waals surface area contributed by atoms with Gasteiger partial charge >= 0.3 is 0 Å². The van der Waals surface area contributed by atoms with E-state index in [9.17, 15) is 9.59 Å². The Hall–Kier alpha value is -2.62. The Kier molecular flexibility index (Phi) is 4.74. The molecule has 4 nitrogen and oxygen atoms in total. The van der Waals surface area contributed by atoms with E-state index in [0.29, 0.717) is 11.1 Å². The first kappa shape index (κ1) is 16.8. The number of hydrogen-bond donors (Lipinski definition) is 0. The van der Waals surface area contributed by atoms with Crippen molar-refractivity contribution in [2.75, 3.05) is 36.0 Å². The van der Waals surface area contributed by atoms with E-state index in [2.05, 4.69) is 9.80 Å². The highest BCUT2D eigenvalue weighted by molar-refractivity contribution is 6.49. The summed E-state index contributed by atoms with van der Waals surface area (Å²) in [5, 5.41) is 0. The smallest absolute Gasteiger partial charge is 0.233 e. The summed E-state index contributed by atoms with van der Waals surface area (Å²) in [4.78, 5) is 29.7. The number of nitrogens with zero attached hydrogens (tertiary/aromatic N) is 2. The summed E-state index contributed by atoms with van der Waals surface area (Å²) in [6.07, 6.45) is 4.86. The van der Waals surface area contributed by atoms with E-state index in [1.54, 1.807) is 24.3 Å². The van der Waals surface area contributed by atoms with Gasteiger partial charge in [-0.3, -0.25) is 9.59 Å². The van der Waals surface area contributed by atoms with Gasteiger partial charge in [0.1, 0.15) is 0 Å². The third-order valence-electron chi connectivity index (χ3n) is 5.41. The molecule has 2 fully saturated rings. The van der Waals surface area contributed by atoms with Crippen molar-refractivity contribution in [3.05, 3.63) is 59.7 Å². The monoisotopic (exact) mass is 348 g/mol. The molecule has 4 heteroatoms. The Morgan fingerprint density at radius 3 is 1.15 bits per heavy atom. The maximum absolute atomic E-state index is 12.5. The molecule has 2 aromatic rings. The number of hydrogen-bond acceptors (Lipinski definition) is 4. The van der Waals surface area contributed by atoms with Gasteiger partial charge in [-0.05, 0) is 74.2 Å². The van der Waals surface area contributed by atoms with Gasteiger partial charge in [0.15, 0.2) is 0 Å². The molecule has 0 saturated carbocycles. The minimum absolute atomic E-state index is 0.438. The quantitative estimate of drug-likeness (QED) is 0.606. The molecular formula is C22H24N2O2. The lowest BCUT2D eigenvalue weighted by Gasteiger charge is -2.18. The number of anilines is 2. The van der Waals surface area contributed by atoms with Crippen LogP contribution in [0.25, 0.3) is 0 Å². The van der Waals surface area contributed by atoms with Crippen LogP contribution in [0.15, 0.2) is 48.5 Å². The Labute approximate surface area is 154 Å². The molecule has 4 rings (SSSR count). The maximum atomic E-state index is 12.5. The van der Waals surface area contributed by atoms with Crippen LogP contribution < -0.4 is 9.80 Å². The fraction of sp³-hybridized carbons (Fsp3) is 0.364. The third-order valence-corrected chi connectivity index (χ3v) is 5.41. The second-order valence-corrected chi connectivity index (χ2v) is 7.14. The fourth-order valence-corrected chi connectivity index (χ4v) is 3.86. The number of Topliss-reactive ketones (excluding diaryl/α,β-unsaturated/α-hetero) is 2. The molecule has 0 unspecified atom stereocenters. The normalized spacial score (nSPS) is 16.9. The summed E-state index contributed by atoms with van der Waals surface area (Å²) < 4.78 is 0. The molecule has 134 valence electrons. The number of ketones is 2. The zero-order chi connectivity index (χ0) is 17.9. The average Bonchev–Trinajstić information content (AvgIpc) is 3.41. The number of carbonyl (C=O) groups is 2. The molecule has 26 heavy (non-hydrogen) atoms. The Morgan fingerprint density at radius 2 is 0.846 bits per heavy atom. The van der Waals surface area contributed by atoms with E-state index in [1.807, 2.05) is 24.3 Å². The van der Waals surface area contributed by atoms with Crippen molar-refractivity contribution in [2.45, 2.75) is 25.7 Å². The second-order valence-electron chi connectivity index (χ2n) is 7.14. The summed E-state index contributed by atoms with van der Waals surface area (Å²) >= 11 is 0. The molecule has 2 heterocycles. The standard InChI is InChI=1S/C22H24N2O2/c25-21(17-5-9-19(10-6-17)23-13-1-2-14-23)22(26)18-7-11-20(12-8-18)24-15-3-4-16-24/h5-12H,1-4,13-16H2. The third kappa shape index (κ3) is 3.36. The van der Waals surface area contributed by atoms with Gasteiger partial charge in [0.25, 0.3) is 0 Å². The van der Waals surface area contributed by atoms with Crippen LogP contribution in [0, 0.1) is 0 Å². The van der Waals surface area contributed by atoms with E-state index in [0.717, 1.165) is 37.6 Å². The van der Waals surface area contributed by atoms with Gasteiger partial charge in [-0.15, -0.1) is 0 Å². The summed E-state index contributed by atoms with van der Waals surface area (Å²) in [6, 6.07) is 14.9. The van der Waals surface area contributed by atoms with E-state index in [1.165, 1.54) is 25.7 Å². The van der Waals surface area contributed by atoms with Crippen LogP contribution in [0.4, 0.5) is 11.4 Å². The van der Waals surface area contributed by atoms with Crippen LogP contribution in [-0.2, 0) is 0 Å². The molecule has 2 aromatic carbocycles. The van der Waals surface area contributed by atoms with Gasteiger partial charge in [-0.2, -0.15) is 0 Å². The largest absolute Gasteiger partial charge is 0.372 e. The average molecular weight is 348 g/mol. The van der Waals surface area contributed by atoms with Crippen LogP contribution in [0.5, 0.6) is 0 Å². The lowest BCUT2D eigenvalue weighted by atomic mass is 10.0. The van der Waals surface area contributed by atoms with Gasteiger partial charge in [0.2, 0.25) is 11.6 Å². The minimum atomic E-state index is -0.438.